The Morgan fingerprint density at radius 2 is 1.76 bits per heavy atom. The first-order chi connectivity index (χ1) is 26.4. The molecule has 0 radical (unpaired) electrons. The topological polar surface area (TPSA) is 116 Å². The van der Waals surface area contributed by atoms with Crippen LogP contribution in [-0.4, -0.2) is 60.9 Å². The number of nitrogens with zero attached hydrogens (tertiary/aromatic N) is 3. The van der Waals surface area contributed by atoms with Gasteiger partial charge in [0.2, 0.25) is 11.8 Å². The number of benzene rings is 3. The number of amides is 3. The van der Waals surface area contributed by atoms with Gasteiger partial charge >= 0.3 is 6.18 Å². The van der Waals surface area contributed by atoms with E-state index in [1.807, 2.05) is 57.1 Å². The number of imide groups is 1. The molecule has 7 rings (SSSR count). The lowest BCUT2D eigenvalue weighted by molar-refractivity contribution is -0.138. The van der Waals surface area contributed by atoms with Crippen molar-refractivity contribution in [3.63, 3.8) is 0 Å². The summed E-state index contributed by atoms with van der Waals surface area (Å²) >= 11 is 1.37. The number of piperidine rings is 1. The number of rotatable bonds is 12. The smallest absolute Gasteiger partial charge is 0.416 e. The molecule has 0 aliphatic carbocycles. The predicted molar refractivity (Wildman–Crippen MR) is 209 cm³/mol. The summed E-state index contributed by atoms with van der Waals surface area (Å²) in [5, 5.41) is 8.42. The highest BCUT2D eigenvalue weighted by Gasteiger charge is 2.40. The summed E-state index contributed by atoms with van der Waals surface area (Å²) in [6.07, 6.45) is 0.220. The Morgan fingerprint density at radius 3 is 2.49 bits per heavy atom. The molecule has 3 aliphatic heterocycles. The van der Waals surface area contributed by atoms with Crippen molar-refractivity contribution < 1.29 is 32.3 Å². The zero-order valence-corrected chi connectivity index (χ0v) is 32.1. The Kier molecular flexibility index (Phi) is 12.2. The molecule has 2 atom stereocenters. The second kappa shape index (κ2) is 17.1. The van der Waals surface area contributed by atoms with Crippen LogP contribution in [0.4, 0.5) is 30.4 Å². The summed E-state index contributed by atoms with van der Waals surface area (Å²) in [5.41, 5.74) is 3.62. The molecule has 0 spiro atoms. The van der Waals surface area contributed by atoms with Crippen LogP contribution in [0.1, 0.15) is 78.4 Å². The molecule has 4 aromatic rings. The summed E-state index contributed by atoms with van der Waals surface area (Å²) < 4.78 is 49.0. The van der Waals surface area contributed by atoms with Crippen molar-refractivity contribution in [1.29, 1.82) is 0 Å². The largest absolute Gasteiger partial charge is 0.494 e. The van der Waals surface area contributed by atoms with E-state index < -0.39 is 29.1 Å². The minimum Gasteiger partial charge on any atom is -0.494 e. The molecular weight excluding hydrogens is 730 g/mol. The van der Waals surface area contributed by atoms with E-state index in [4.69, 9.17) is 4.74 Å². The van der Waals surface area contributed by atoms with Crippen LogP contribution in [0.15, 0.2) is 77.8 Å². The van der Waals surface area contributed by atoms with E-state index in [-0.39, 0.29) is 23.8 Å². The fraction of sp³-hybridized carbons (Fsp3) is 0.366. The van der Waals surface area contributed by atoms with Crippen LogP contribution in [0.5, 0.6) is 5.75 Å². The summed E-state index contributed by atoms with van der Waals surface area (Å²) in [6.45, 7) is 5.53. The van der Waals surface area contributed by atoms with Crippen LogP contribution in [0.2, 0.25) is 0 Å². The van der Waals surface area contributed by atoms with Crippen molar-refractivity contribution in [1.82, 2.24) is 15.2 Å². The Bertz CT molecular complexity index is 2040. The number of alkyl halides is 3. The van der Waals surface area contributed by atoms with Crippen molar-refractivity contribution in [2.45, 2.75) is 75.0 Å². The molecule has 0 bridgehead atoms. The van der Waals surface area contributed by atoms with E-state index in [0.29, 0.717) is 42.0 Å². The van der Waals surface area contributed by atoms with E-state index in [2.05, 4.69) is 20.9 Å². The van der Waals surface area contributed by atoms with Crippen LogP contribution < -0.4 is 25.6 Å². The van der Waals surface area contributed by atoms with Gasteiger partial charge in [-0.25, -0.2) is 4.98 Å². The predicted octanol–water partition coefficient (Wildman–Crippen LogP) is 8.50. The Labute approximate surface area is 323 Å². The number of carbonyl (C=O) groups is 3. The zero-order valence-electron chi connectivity index (χ0n) is 31.3. The number of hydrogen-bond acceptors (Lipinski definition) is 9. The number of halogens is 3. The van der Waals surface area contributed by atoms with Crippen LogP contribution in [0, 0.1) is 0 Å². The number of pyridine rings is 1. The van der Waals surface area contributed by atoms with Crippen molar-refractivity contribution >= 4 is 46.7 Å². The molecule has 290 valence electrons. The van der Waals surface area contributed by atoms with Crippen LogP contribution in [0.3, 0.4) is 0 Å². The fourth-order valence-electron chi connectivity index (χ4n) is 6.79. The van der Waals surface area contributed by atoms with E-state index in [1.165, 1.54) is 22.7 Å². The fourth-order valence-corrected chi connectivity index (χ4v) is 8.01. The molecular formula is C41H45F3N6O4S. The molecule has 14 heteroatoms. The highest BCUT2D eigenvalue weighted by atomic mass is 32.2. The third kappa shape index (κ3) is 9.01. The number of aromatic nitrogens is 1. The third-order valence-electron chi connectivity index (χ3n) is 9.61. The number of thioether (sulfide) groups is 1. The summed E-state index contributed by atoms with van der Waals surface area (Å²) in [6, 6.07) is 18.5. The van der Waals surface area contributed by atoms with Gasteiger partial charge in [0.25, 0.3) is 5.91 Å². The second-order valence-electron chi connectivity index (χ2n) is 13.5. The summed E-state index contributed by atoms with van der Waals surface area (Å²) in [4.78, 5) is 45.3. The molecule has 1 aromatic heterocycles. The molecule has 3 aromatic carbocycles. The van der Waals surface area contributed by atoms with Gasteiger partial charge in [-0.3, -0.25) is 19.7 Å². The van der Waals surface area contributed by atoms with Gasteiger partial charge in [0.05, 0.1) is 12.2 Å². The van der Waals surface area contributed by atoms with Gasteiger partial charge in [-0.1, -0.05) is 37.7 Å². The molecule has 10 nitrogen and oxygen atoms in total. The quantitative estimate of drug-likeness (QED) is 0.0963. The summed E-state index contributed by atoms with van der Waals surface area (Å²) in [5.74, 6) is 0.419. The van der Waals surface area contributed by atoms with E-state index >= 15 is 0 Å². The highest BCUT2D eigenvalue weighted by Crippen LogP contribution is 2.50. The maximum absolute atomic E-state index is 14.3. The number of carbonyl (C=O) groups excluding carboxylic acids is 3. The molecule has 55 heavy (non-hydrogen) atoms. The van der Waals surface area contributed by atoms with Crippen molar-refractivity contribution in [3.05, 3.63) is 95.2 Å². The second-order valence-corrected chi connectivity index (χ2v) is 14.7. The lowest BCUT2D eigenvalue weighted by atomic mass is 9.99. The molecule has 2 unspecified atom stereocenters. The van der Waals surface area contributed by atoms with Gasteiger partial charge in [-0.15, -0.1) is 0 Å². The lowest BCUT2D eigenvalue weighted by Gasteiger charge is -2.29. The lowest BCUT2D eigenvalue weighted by Crippen LogP contribution is -2.52. The minimum absolute atomic E-state index is 0.180. The van der Waals surface area contributed by atoms with Gasteiger partial charge in [0, 0.05) is 67.2 Å². The van der Waals surface area contributed by atoms with Gasteiger partial charge < -0.3 is 25.2 Å². The Morgan fingerprint density at radius 1 is 0.964 bits per heavy atom. The number of unbranched alkanes of at least 4 members (excludes halogenated alkanes) is 2. The molecule has 1 fully saturated rings. The first-order valence-corrected chi connectivity index (χ1v) is 19.4. The normalized spacial score (nSPS) is 17.4. The number of nitrogens with one attached hydrogen (secondary N) is 3. The Balaban J connectivity index is 0.00000253. The van der Waals surface area contributed by atoms with Gasteiger partial charge in [0.1, 0.15) is 23.0 Å². The SMILES string of the molecule is CC.CN(C)c1ccc(-c2ccc(C3Nc4ccc(NCCCCCOc5ccc6c(c5)CN(C5CCC(=O)NC5=O)C6=O)cc4S3)c(C(F)(F)F)c2)cn1. The van der Waals surface area contributed by atoms with Gasteiger partial charge in [-0.05, 0) is 97.0 Å². The van der Waals surface area contributed by atoms with E-state index in [0.717, 1.165) is 53.5 Å². The first-order valence-electron chi connectivity index (χ1n) is 18.5. The number of fused-ring (bicyclic) bond motifs is 2. The minimum atomic E-state index is -4.53. The van der Waals surface area contributed by atoms with Gasteiger partial charge in [-0.2, -0.15) is 13.2 Å². The standard InChI is InChI=1S/C39H39F3N6O4S.C2H6/c1-47(2)34-14-7-24(21-44-34)23-6-10-29(30(19-23)39(40,41)42)37-45-31-12-8-26(20-33(31)53-37)43-16-4-3-5-17-52-27-9-11-28-25(18-27)22-48(38(28)51)32-13-15-35(49)46-36(32)50;1-2/h6-12,14,18-21,32,37,43,45H,3-5,13,15-17,22H2,1-2H3,(H,46,49,50);1-2H3. The summed E-state index contributed by atoms with van der Waals surface area (Å²) in [7, 11) is 3.71. The maximum atomic E-state index is 14.3. The maximum Gasteiger partial charge on any atom is 0.416 e. The molecule has 0 saturated carbocycles. The highest BCUT2D eigenvalue weighted by molar-refractivity contribution is 8.00. The van der Waals surface area contributed by atoms with E-state index in [9.17, 15) is 27.6 Å². The molecule has 3 aliphatic rings. The van der Waals surface area contributed by atoms with Crippen LogP contribution in [-0.2, 0) is 22.3 Å². The van der Waals surface area contributed by atoms with E-state index in [1.54, 1.807) is 42.6 Å². The van der Waals surface area contributed by atoms with Crippen molar-refractivity contribution in [2.24, 2.45) is 0 Å². The first kappa shape index (κ1) is 39.5. The van der Waals surface area contributed by atoms with Crippen LogP contribution >= 0.6 is 11.8 Å². The van der Waals surface area contributed by atoms with Crippen molar-refractivity contribution in [3.8, 4) is 16.9 Å². The molecule has 3 amide bonds. The average molecular weight is 775 g/mol. The number of ether oxygens (including phenoxy) is 1. The van der Waals surface area contributed by atoms with Crippen molar-refractivity contribution in [2.75, 3.05) is 42.8 Å². The number of hydrogen-bond donors (Lipinski definition) is 3. The molecule has 4 heterocycles. The molecule has 3 N–H and O–H groups in total. The molecule has 1 saturated heterocycles. The van der Waals surface area contributed by atoms with Crippen LogP contribution in [0.25, 0.3) is 11.1 Å². The zero-order chi connectivity index (χ0) is 39.3. The van der Waals surface area contributed by atoms with Gasteiger partial charge in [0.15, 0.2) is 0 Å². The monoisotopic (exact) mass is 774 g/mol. The Hall–Kier alpha value is -5.24. The average Bonchev–Trinajstić information content (AvgIpc) is 3.74. The number of anilines is 3. The third-order valence-corrected chi connectivity index (χ3v) is 10.8.